The Bertz CT molecular complexity index is 219. The van der Waals surface area contributed by atoms with E-state index in [1.54, 1.807) is 0 Å². The van der Waals surface area contributed by atoms with Crippen LogP contribution in [0.4, 0.5) is 0 Å². The van der Waals surface area contributed by atoms with Gasteiger partial charge in [-0.2, -0.15) is 8.42 Å². The minimum absolute atomic E-state index is 0.770. The van der Waals surface area contributed by atoms with Gasteiger partial charge in [0.2, 0.25) is 6.04 Å². The van der Waals surface area contributed by atoms with Crippen LogP contribution in [-0.4, -0.2) is 29.7 Å². The van der Waals surface area contributed by atoms with Crippen molar-refractivity contribution in [1.29, 1.82) is 0 Å². The summed E-state index contributed by atoms with van der Waals surface area (Å²) in [4.78, 5) is 9.04. The first-order valence-corrected chi connectivity index (χ1v) is 4.02. The monoisotopic (exact) mass is 169 g/mol. The average Bonchev–Trinajstić information content (AvgIpc) is 1.60. The predicted octanol–water partition coefficient (Wildman–Crippen LogP) is -0.461. The molecule has 7 heteroatoms. The molecule has 0 rings (SSSR count). The van der Waals surface area contributed by atoms with Gasteiger partial charge in [0.15, 0.2) is 0 Å². The van der Waals surface area contributed by atoms with Crippen LogP contribution in [0.5, 0.6) is 0 Å². The maximum absolute atomic E-state index is 10.00. The van der Waals surface area contributed by atoms with E-state index in [1.165, 1.54) is 0 Å². The zero-order valence-electron chi connectivity index (χ0n) is 5.22. The van der Waals surface area contributed by atoms with Gasteiger partial charge in [-0.25, -0.2) is 0 Å². The van der Waals surface area contributed by atoms with E-state index in [0.717, 1.165) is 6.92 Å². The first kappa shape index (κ1) is 9.31. The minimum atomic E-state index is -4.21. The van der Waals surface area contributed by atoms with Crippen LogP contribution in [0.25, 0.3) is 0 Å². The quantitative estimate of drug-likeness (QED) is 0.350. The molecule has 0 amide bonds. The molecule has 1 atom stereocenters. The van der Waals surface area contributed by atoms with Crippen molar-refractivity contribution in [1.82, 2.24) is 0 Å². The standard InChI is InChI=1S/C3H7NO5S/c1-3(4(5)6)2-10(7,8)9/h3H,2H2,1H3,(H,7,8,9). The Labute approximate surface area is 57.8 Å². The fraction of sp³-hybridized carbons (Fsp3) is 1.00. The van der Waals surface area contributed by atoms with E-state index < -0.39 is 26.8 Å². The SMILES string of the molecule is CC(CS(=O)(=O)O)[N+](=O)[O-]. The van der Waals surface area contributed by atoms with Crippen molar-refractivity contribution in [2.24, 2.45) is 0 Å². The van der Waals surface area contributed by atoms with Gasteiger partial charge in [-0.05, 0) is 0 Å². The first-order chi connectivity index (χ1) is 4.33. The van der Waals surface area contributed by atoms with Crippen molar-refractivity contribution in [3.8, 4) is 0 Å². The van der Waals surface area contributed by atoms with E-state index in [1.807, 2.05) is 0 Å². The second-order valence-corrected chi connectivity index (χ2v) is 3.38. The van der Waals surface area contributed by atoms with Crippen molar-refractivity contribution in [3.05, 3.63) is 10.1 Å². The zero-order valence-corrected chi connectivity index (χ0v) is 6.04. The third kappa shape index (κ3) is 4.21. The number of nitrogens with zero attached hydrogens (tertiary/aromatic N) is 1. The number of hydrogen-bond acceptors (Lipinski definition) is 4. The van der Waals surface area contributed by atoms with Crippen LogP contribution in [0.15, 0.2) is 0 Å². The summed E-state index contributed by atoms with van der Waals surface area (Å²) in [6, 6.07) is -1.25. The molecular formula is C3H7NO5S. The van der Waals surface area contributed by atoms with Crippen LogP contribution in [0, 0.1) is 10.1 Å². The van der Waals surface area contributed by atoms with Crippen LogP contribution in [0.2, 0.25) is 0 Å². The first-order valence-electron chi connectivity index (χ1n) is 2.41. The molecule has 6 nitrogen and oxygen atoms in total. The smallest absolute Gasteiger partial charge is 0.271 e. The van der Waals surface area contributed by atoms with Crippen LogP contribution in [0.1, 0.15) is 6.92 Å². The largest absolute Gasteiger partial charge is 0.285 e. The average molecular weight is 169 g/mol. The lowest BCUT2D eigenvalue weighted by molar-refractivity contribution is -0.512. The van der Waals surface area contributed by atoms with Crippen molar-refractivity contribution >= 4 is 10.1 Å². The van der Waals surface area contributed by atoms with E-state index in [2.05, 4.69) is 0 Å². The summed E-state index contributed by atoms with van der Waals surface area (Å²) in [6.07, 6.45) is 0. The molecule has 0 saturated carbocycles. The number of rotatable bonds is 3. The van der Waals surface area contributed by atoms with Crippen LogP contribution >= 0.6 is 0 Å². The highest BCUT2D eigenvalue weighted by atomic mass is 32.2. The van der Waals surface area contributed by atoms with Gasteiger partial charge in [0.05, 0.1) is 0 Å². The lowest BCUT2D eigenvalue weighted by Crippen LogP contribution is -2.25. The summed E-state index contributed by atoms with van der Waals surface area (Å²) in [5.41, 5.74) is 0. The van der Waals surface area contributed by atoms with Crippen LogP contribution in [0.3, 0.4) is 0 Å². The second kappa shape index (κ2) is 2.93. The molecule has 1 unspecified atom stereocenters. The van der Waals surface area contributed by atoms with Crippen molar-refractivity contribution < 1.29 is 17.9 Å². The van der Waals surface area contributed by atoms with Gasteiger partial charge in [0.1, 0.15) is 5.75 Å². The molecule has 0 aromatic carbocycles. The van der Waals surface area contributed by atoms with Crippen molar-refractivity contribution in [2.75, 3.05) is 5.75 Å². The Hall–Kier alpha value is -0.690. The third-order valence-electron chi connectivity index (χ3n) is 0.812. The Kier molecular flexibility index (Phi) is 2.73. The fourth-order valence-corrected chi connectivity index (χ4v) is 1.10. The molecule has 0 saturated heterocycles. The highest BCUT2D eigenvalue weighted by molar-refractivity contribution is 7.85. The summed E-state index contributed by atoms with van der Waals surface area (Å²) in [7, 11) is -4.21. The minimum Gasteiger partial charge on any atom is -0.285 e. The summed E-state index contributed by atoms with van der Waals surface area (Å²) in [6.45, 7) is 1.10. The van der Waals surface area contributed by atoms with E-state index in [0.29, 0.717) is 0 Å². The Morgan fingerprint density at radius 2 is 2.10 bits per heavy atom. The topological polar surface area (TPSA) is 97.5 Å². The van der Waals surface area contributed by atoms with Gasteiger partial charge < -0.3 is 0 Å². The van der Waals surface area contributed by atoms with Crippen LogP contribution < -0.4 is 0 Å². The van der Waals surface area contributed by atoms with Gasteiger partial charge in [-0.3, -0.25) is 14.7 Å². The molecule has 10 heavy (non-hydrogen) atoms. The van der Waals surface area contributed by atoms with Gasteiger partial charge in [0.25, 0.3) is 10.1 Å². The zero-order chi connectivity index (χ0) is 8.36. The summed E-state index contributed by atoms with van der Waals surface area (Å²) >= 11 is 0. The number of hydrogen-bond donors (Lipinski definition) is 1. The summed E-state index contributed by atoms with van der Waals surface area (Å²) in [5, 5.41) is 9.81. The molecule has 0 aliphatic heterocycles. The van der Waals surface area contributed by atoms with E-state index in [4.69, 9.17) is 4.55 Å². The van der Waals surface area contributed by atoms with E-state index in [-0.39, 0.29) is 0 Å². The Balaban J connectivity index is 4.06. The third-order valence-corrected chi connectivity index (χ3v) is 1.72. The molecule has 60 valence electrons. The second-order valence-electron chi connectivity index (χ2n) is 1.88. The molecule has 0 fully saturated rings. The Morgan fingerprint density at radius 3 is 2.20 bits per heavy atom. The molecular weight excluding hydrogens is 162 g/mol. The molecule has 0 radical (unpaired) electrons. The van der Waals surface area contributed by atoms with Gasteiger partial charge in [-0.1, -0.05) is 0 Å². The van der Waals surface area contributed by atoms with Crippen molar-refractivity contribution in [3.63, 3.8) is 0 Å². The maximum Gasteiger partial charge on any atom is 0.271 e. The lowest BCUT2D eigenvalue weighted by atomic mass is 10.4. The van der Waals surface area contributed by atoms with Crippen molar-refractivity contribution in [2.45, 2.75) is 13.0 Å². The molecule has 1 N–H and O–H groups in total. The molecule has 0 bridgehead atoms. The normalized spacial score (nSPS) is 14.6. The maximum atomic E-state index is 10.00. The molecule has 0 aliphatic rings. The molecule has 0 spiro atoms. The van der Waals surface area contributed by atoms with Crippen LogP contribution in [-0.2, 0) is 10.1 Å². The van der Waals surface area contributed by atoms with Gasteiger partial charge in [0, 0.05) is 11.8 Å². The summed E-state index contributed by atoms with van der Waals surface area (Å²) < 4.78 is 28.1. The summed E-state index contributed by atoms with van der Waals surface area (Å²) in [5.74, 6) is -0.833. The van der Waals surface area contributed by atoms with E-state index >= 15 is 0 Å². The molecule has 0 aromatic heterocycles. The predicted molar refractivity (Wildman–Crippen MR) is 32.9 cm³/mol. The molecule has 0 aromatic rings. The van der Waals surface area contributed by atoms with Gasteiger partial charge in [-0.15, -0.1) is 0 Å². The Morgan fingerprint density at radius 1 is 1.70 bits per heavy atom. The molecule has 0 heterocycles. The number of nitro groups is 1. The highest BCUT2D eigenvalue weighted by Crippen LogP contribution is 1.92. The fourth-order valence-electron chi connectivity index (χ4n) is 0.366. The van der Waals surface area contributed by atoms with E-state index in [9.17, 15) is 18.5 Å². The lowest BCUT2D eigenvalue weighted by Gasteiger charge is -1.98. The van der Waals surface area contributed by atoms with Gasteiger partial charge >= 0.3 is 0 Å². The molecule has 0 aliphatic carbocycles. The highest BCUT2D eigenvalue weighted by Gasteiger charge is 2.20.